The third-order valence-corrected chi connectivity index (χ3v) is 13.9. The van der Waals surface area contributed by atoms with Crippen molar-refractivity contribution in [1.82, 2.24) is 19.1 Å². The summed E-state index contributed by atoms with van der Waals surface area (Å²) in [5.41, 5.74) is 13.8. The highest BCUT2D eigenvalue weighted by Gasteiger charge is 2.41. The molecule has 13 rings (SSSR count). The summed E-state index contributed by atoms with van der Waals surface area (Å²) in [5, 5.41) is 8.46. The molecule has 0 amide bonds. The monoisotopic (exact) mass is 758 g/mol. The number of nitrogens with zero attached hydrogens (tertiary/aromatic N) is 4. The molecular formula is C53H34N4S. The largest absolute Gasteiger partial charge is 0.309 e. The molecule has 4 nitrogen and oxygen atoms in total. The van der Waals surface area contributed by atoms with Crippen LogP contribution in [0.4, 0.5) is 0 Å². The zero-order valence-corrected chi connectivity index (χ0v) is 32.7. The van der Waals surface area contributed by atoms with Gasteiger partial charge in [-0.05, 0) is 53.1 Å². The summed E-state index contributed by atoms with van der Waals surface area (Å²) in [4.78, 5) is 11.2. The second kappa shape index (κ2) is 11.5. The first-order valence-corrected chi connectivity index (χ1v) is 20.8. The maximum Gasteiger partial charge on any atom is 0.235 e. The van der Waals surface area contributed by atoms with Gasteiger partial charge in [0.25, 0.3) is 0 Å². The van der Waals surface area contributed by atoms with E-state index in [0.717, 1.165) is 38.9 Å². The van der Waals surface area contributed by atoms with Crippen LogP contribution in [0.15, 0.2) is 170 Å². The molecule has 0 N–H and O–H groups in total. The van der Waals surface area contributed by atoms with Crippen molar-refractivity contribution in [3.05, 3.63) is 181 Å². The summed E-state index contributed by atoms with van der Waals surface area (Å²) < 4.78 is 7.40. The van der Waals surface area contributed by atoms with E-state index in [1.54, 1.807) is 0 Å². The van der Waals surface area contributed by atoms with Crippen LogP contribution in [-0.2, 0) is 5.41 Å². The van der Waals surface area contributed by atoms with Gasteiger partial charge < -0.3 is 4.57 Å². The Labute approximate surface area is 337 Å². The number of hydrogen-bond acceptors (Lipinski definition) is 3. The van der Waals surface area contributed by atoms with Crippen LogP contribution in [0.5, 0.6) is 0 Å². The molecule has 1 aliphatic carbocycles. The van der Waals surface area contributed by atoms with E-state index in [1.165, 1.54) is 75.0 Å². The van der Waals surface area contributed by atoms with E-state index in [9.17, 15) is 0 Å². The van der Waals surface area contributed by atoms with E-state index in [1.807, 2.05) is 11.3 Å². The van der Waals surface area contributed by atoms with Crippen LogP contribution in [-0.4, -0.2) is 19.1 Å². The normalized spacial score (nSPS) is 13.5. The average Bonchev–Trinajstić information content (AvgIpc) is 3.99. The molecule has 0 saturated heterocycles. The molecule has 0 bridgehead atoms. The number of benzene rings is 8. The van der Waals surface area contributed by atoms with Gasteiger partial charge in [0.15, 0.2) is 0 Å². The second-order valence-corrected chi connectivity index (χ2v) is 17.1. The zero-order valence-electron chi connectivity index (χ0n) is 31.9. The van der Waals surface area contributed by atoms with Gasteiger partial charge in [-0.15, -0.1) is 11.3 Å². The maximum absolute atomic E-state index is 5.71. The van der Waals surface area contributed by atoms with E-state index in [4.69, 9.17) is 9.97 Å². The molecule has 0 fully saturated rings. The van der Waals surface area contributed by atoms with Crippen molar-refractivity contribution >= 4 is 86.0 Å². The Balaban J connectivity index is 1.26. The maximum atomic E-state index is 5.71. The summed E-state index contributed by atoms with van der Waals surface area (Å²) in [7, 11) is 0. The van der Waals surface area contributed by atoms with Crippen LogP contribution in [0.1, 0.15) is 25.0 Å². The van der Waals surface area contributed by atoms with Crippen molar-refractivity contribution in [1.29, 1.82) is 0 Å². The quantitative estimate of drug-likeness (QED) is 0.180. The summed E-state index contributed by atoms with van der Waals surface area (Å²) >= 11 is 1.84. The molecule has 58 heavy (non-hydrogen) atoms. The summed E-state index contributed by atoms with van der Waals surface area (Å²) in [6.45, 7) is 4.81. The molecule has 0 spiro atoms. The van der Waals surface area contributed by atoms with Gasteiger partial charge >= 0.3 is 0 Å². The highest BCUT2D eigenvalue weighted by atomic mass is 32.1. The summed E-state index contributed by atoms with van der Waals surface area (Å²) in [6.07, 6.45) is 0. The second-order valence-electron chi connectivity index (χ2n) is 16.1. The van der Waals surface area contributed by atoms with Gasteiger partial charge in [0, 0.05) is 69.3 Å². The van der Waals surface area contributed by atoms with Crippen molar-refractivity contribution in [2.24, 2.45) is 0 Å². The van der Waals surface area contributed by atoms with Crippen LogP contribution in [0.2, 0.25) is 0 Å². The lowest BCUT2D eigenvalue weighted by Gasteiger charge is -2.23. The Bertz CT molecular complexity index is 3710. The van der Waals surface area contributed by atoms with Gasteiger partial charge in [-0.25, -0.2) is 9.97 Å². The molecular weight excluding hydrogens is 725 g/mol. The molecule has 0 saturated carbocycles. The molecule has 0 radical (unpaired) electrons. The fourth-order valence-electron chi connectivity index (χ4n) is 10.3. The van der Waals surface area contributed by atoms with Gasteiger partial charge in [0.2, 0.25) is 5.95 Å². The van der Waals surface area contributed by atoms with E-state index in [-0.39, 0.29) is 5.41 Å². The number of thiophene rings is 1. The first-order chi connectivity index (χ1) is 28.6. The SMILES string of the molecule is CC1(C)c2ccccc2-c2c1c1c3ccccc3n(-c3nc(-c4cccc5c4sc4ccccc45)c4ccccc4n3)c1c1c3ccccc3n(-c3ccccc3)c21. The molecule has 5 heteroatoms. The van der Waals surface area contributed by atoms with E-state index >= 15 is 0 Å². The van der Waals surface area contributed by atoms with Crippen LogP contribution >= 0.6 is 11.3 Å². The van der Waals surface area contributed by atoms with Gasteiger partial charge in [-0.2, -0.15) is 0 Å². The van der Waals surface area contributed by atoms with Crippen molar-refractivity contribution < 1.29 is 0 Å². The Morgan fingerprint density at radius 2 is 1.10 bits per heavy atom. The minimum absolute atomic E-state index is 0.280. The van der Waals surface area contributed by atoms with Gasteiger partial charge in [0.05, 0.1) is 33.3 Å². The molecule has 272 valence electrons. The summed E-state index contributed by atoms with van der Waals surface area (Å²) in [6, 6.07) is 61.6. The smallest absolute Gasteiger partial charge is 0.235 e. The molecule has 0 atom stereocenters. The highest BCUT2D eigenvalue weighted by Crippen LogP contribution is 2.58. The number of para-hydroxylation sites is 4. The van der Waals surface area contributed by atoms with Crippen molar-refractivity contribution in [2.75, 3.05) is 0 Å². The Hall–Kier alpha value is -7.08. The Kier molecular flexibility index (Phi) is 6.36. The number of aromatic nitrogens is 4. The van der Waals surface area contributed by atoms with Gasteiger partial charge in [-0.3, -0.25) is 4.57 Å². The summed E-state index contributed by atoms with van der Waals surface area (Å²) in [5.74, 6) is 0.670. The fraction of sp³-hybridized carbons (Fsp3) is 0.0566. The number of hydrogen-bond donors (Lipinski definition) is 0. The third-order valence-electron chi connectivity index (χ3n) is 12.7. The average molecular weight is 759 g/mol. The first-order valence-electron chi connectivity index (χ1n) is 19.9. The van der Waals surface area contributed by atoms with Crippen LogP contribution in [0.3, 0.4) is 0 Å². The van der Waals surface area contributed by atoms with E-state index in [0.29, 0.717) is 5.95 Å². The lowest BCUT2D eigenvalue weighted by molar-refractivity contribution is 0.667. The van der Waals surface area contributed by atoms with Crippen molar-refractivity contribution in [3.63, 3.8) is 0 Å². The van der Waals surface area contributed by atoms with E-state index in [2.05, 4.69) is 193 Å². The number of rotatable bonds is 3. The molecule has 4 heterocycles. The van der Waals surface area contributed by atoms with Crippen LogP contribution in [0, 0.1) is 0 Å². The van der Waals surface area contributed by atoms with Gasteiger partial charge in [-0.1, -0.05) is 147 Å². The van der Waals surface area contributed by atoms with E-state index < -0.39 is 0 Å². The standard InChI is InChI=1S/C53H34N4S/c1-53(2)39-26-11-6-20-34(39)44-47(53)45-36-22-8-14-29-42(36)57(50(45)46-37-23-9-13-28-41(37)56(49(44)46)31-17-4-3-5-18-31)52-54-40-27-12-7-21-35(40)48(55-52)38-25-16-24-33-32-19-10-15-30-43(32)58-51(33)38/h3-30H,1-2H3. The zero-order chi connectivity index (χ0) is 38.3. The fourth-order valence-corrected chi connectivity index (χ4v) is 11.5. The lowest BCUT2D eigenvalue weighted by atomic mass is 9.80. The molecule has 4 aromatic heterocycles. The Morgan fingerprint density at radius 3 is 1.93 bits per heavy atom. The Morgan fingerprint density at radius 1 is 0.483 bits per heavy atom. The van der Waals surface area contributed by atoms with Crippen molar-refractivity contribution in [2.45, 2.75) is 19.3 Å². The predicted octanol–water partition coefficient (Wildman–Crippen LogP) is 14.2. The first kappa shape index (κ1) is 32.1. The lowest BCUT2D eigenvalue weighted by Crippen LogP contribution is -2.15. The van der Waals surface area contributed by atoms with Gasteiger partial charge in [0.1, 0.15) is 0 Å². The molecule has 1 aliphatic rings. The van der Waals surface area contributed by atoms with Crippen molar-refractivity contribution in [3.8, 4) is 34.0 Å². The number of fused-ring (bicyclic) bond motifs is 16. The van der Waals surface area contributed by atoms with Crippen LogP contribution < -0.4 is 0 Å². The third kappa shape index (κ3) is 4.08. The predicted molar refractivity (Wildman–Crippen MR) is 244 cm³/mol. The minimum Gasteiger partial charge on any atom is -0.309 e. The highest BCUT2D eigenvalue weighted by molar-refractivity contribution is 7.26. The molecule has 8 aromatic carbocycles. The van der Waals surface area contributed by atoms with Crippen LogP contribution in [0.25, 0.3) is 109 Å². The minimum atomic E-state index is -0.280. The molecule has 12 aromatic rings. The topological polar surface area (TPSA) is 35.6 Å². The molecule has 0 aliphatic heterocycles. The molecule has 0 unspecified atom stereocenters.